The number of rotatable bonds is 3. The maximum absolute atomic E-state index is 9.74. The molecule has 0 aromatic heterocycles. The SMILES string of the molecule is CC#C[C@H](O)[C@@H]1CN1[C@H](C)c1ccccc1. The Morgan fingerprint density at radius 3 is 2.69 bits per heavy atom. The smallest absolute Gasteiger partial charge is 0.131 e. The molecule has 1 heterocycles. The van der Waals surface area contributed by atoms with Crippen LogP contribution in [0.5, 0.6) is 0 Å². The van der Waals surface area contributed by atoms with Crippen molar-refractivity contribution in [1.29, 1.82) is 0 Å². The Morgan fingerprint density at radius 1 is 1.38 bits per heavy atom. The number of hydrogen-bond donors (Lipinski definition) is 1. The third kappa shape index (κ3) is 2.27. The lowest BCUT2D eigenvalue weighted by Gasteiger charge is -2.15. The first-order valence-electron chi connectivity index (χ1n) is 5.65. The van der Waals surface area contributed by atoms with Gasteiger partial charge in [0.2, 0.25) is 0 Å². The highest BCUT2D eigenvalue weighted by Crippen LogP contribution is 2.33. The van der Waals surface area contributed by atoms with Crippen molar-refractivity contribution in [1.82, 2.24) is 4.90 Å². The van der Waals surface area contributed by atoms with Gasteiger partial charge in [0, 0.05) is 12.6 Å². The van der Waals surface area contributed by atoms with E-state index in [0.717, 1.165) is 6.54 Å². The number of hydrogen-bond acceptors (Lipinski definition) is 2. The maximum Gasteiger partial charge on any atom is 0.131 e. The molecule has 0 aliphatic carbocycles. The largest absolute Gasteiger partial charge is 0.379 e. The van der Waals surface area contributed by atoms with E-state index in [1.54, 1.807) is 6.92 Å². The normalized spacial score (nSPS) is 26.4. The van der Waals surface area contributed by atoms with Gasteiger partial charge in [0.15, 0.2) is 0 Å². The zero-order chi connectivity index (χ0) is 11.5. The first-order valence-corrected chi connectivity index (χ1v) is 5.65. The van der Waals surface area contributed by atoms with Crippen molar-refractivity contribution in [2.45, 2.75) is 32.0 Å². The van der Waals surface area contributed by atoms with Gasteiger partial charge in [0.25, 0.3) is 0 Å². The second kappa shape index (κ2) is 4.69. The van der Waals surface area contributed by atoms with E-state index in [4.69, 9.17) is 0 Å². The molecule has 1 aromatic carbocycles. The fraction of sp³-hybridized carbons (Fsp3) is 0.429. The van der Waals surface area contributed by atoms with Gasteiger partial charge in [0.05, 0.1) is 6.04 Å². The minimum Gasteiger partial charge on any atom is -0.379 e. The van der Waals surface area contributed by atoms with Crippen LogP contribution in [-0.4, -0.2) is 28.7 Å². The molecule has 4 atom stereocenters. The second-order valence-corrected chi connectivity index (χ2v) is 4.19. The van der Waals surface area contributed by atoms with Gasteiger partial charge in [-0.1, -0.05) is 36.3 Å². The van der Waals surface area contributed by atoms with Crippen LogP contribution in [0, 0.1) is 11.8 Å². The van der Waals surface area contributed by atoms with E-state index < -0.39 is 6.10 Å². The van der Waals surface area contributed by atoms with E-state index in [1.807, 2.05) is 18.2 Å². The van der Waals surface area contributed by atoms with Crippen molar-refractivity contribution in [2.24, 2.45) is 0 Å². The van der Waals surface area contributed by atoms with Crippen molar-refractivity contribution in [3.05, 3.63) is 35.9 Å². The van der Waals surface area contributed by atoms with E-state index >= 15 is 0 Å². The van der Waals surface area contributed by atoms with Gasteiger partial charge in [-0.15, -0.1) is 5.92 Å². The Labute approximate surface area is 96.9 Å². The molecule has 0 radical (unpaired) electrons. The molecule has 1 aliphatic rings. The molecule has 0 amide bonds. The topological polar surface area (TPSA) is 23.2 Å². The molecule has 1 saturated heterocycles. The van der Waals surface area contributed by atoms with E-state index in [-0.39, 0.29) is 6.04 Å². The summed E-state index contributed by atoms with van der Waals surface area (Å²) >= 11 is 0. The van der Waals surface area contributed by atoms with Crippen LogP contribution in [0.3, 0.4) is 0 Å². The maximum atomic E-state index is 9.74. The second-order valence-electron chi connectivity index (χ2n) is 4.19. The van der Waals surface area contributed by atoms with Crippen molar-refractivity contribution < 1.29 is 5.11 Å². The average molecular weight is 215 g/mol. The highest BCUT2D eigenvalue weighted by molar-refractivity contribution is 5.22. The quantitative estimate of drug-likeness (QED) is 0.614. The van der Waals surface area contributed by atoms with Crippen LogP contribution in [0.1, 0.15) is 25.5 Å². The summed E-state index contributed by atoms with van der Waals surface area (Å²) in [5.41, 5.74) is 1.29. The zero-order valence-electron chi connectivity index (χ0n) is 9.72. The fourth-order valence-corrected chi connectivity index (χ4v) is 2.06. The van der Waals surface area contributed by atoms with Crippen LogP contribution >= 0.6 is 0 Å². The zero-order valence-corrected chi connectivity index (χ0v) is 9.72. The summed E-state index contributed by atoms with van der Waals surface area (Å²) in [4.78, 5) is 2.27. The first kappa shape index (κ1) is 11.2. The lowest BCUT2D eigenvalue weighted by Crippen LogP contribution is -2.18. The third-order valence-electron chi connectivity index (χ3n) is 3.13. The highest BCUT2D eigenvalue weighted by Gasteiger charge is 2.42. The van der Waals surface area contributed by atoms with E-state index in [2.05, 4.69) is 35.8 Å². The molecule has 0 bridgehead atoms. The molecule has 0 spiro atoms. The van der Waals surface area contributed by atoms with Crippen LogP contribution in [0.15, 0.2) is 30.3 Å². The summed E-state index contributed by atoms with van der Waals surface area (Å²) in [6.07, 6.45) is -0.504. The molecular formula is C14H17NO. The molecule has 0 saturated carbocycles. The molecule has 2 rings (SSSR count). The summed E-state index contributed by atoms with van der Waals surface area (Å²) in [7, 11) is 0. The van der Waals surface area contributed by atoms with Crippen LogP contribution in [0.2, 0.25) is 0 Å². The highest BCUT2D eigenvalue weighted by atomic mass is 16.3. The summed E-state index contributed by atoms with van der Waals surface area (Å²) in [6, 6.07) is 10.9. The Balaban J connectivity index is 1.99. The molecule has 16 heavy (non-hydrogen) atoms. The van der Waals surface area contributed by atoms with Crippen molar-refractivity contribution in [2.75, 3.05) is 6.54 Å². The minimum atomic E-state index is -0.504. The van der Waals surface area contributed by atoms with Crippen molar-refractivity contribution in [3.63, 3.8) is 0 Å². The molecule has 1 N–H and O–H groups in total. The Kier molecular flexibility index (Phi) is 3.28. The molecule has 1 fully saturated rings. The van der Waals surface area contributed by atoms with Crippen LogP contribution in [-0.2, 0) is 0 Å². The minimum absolute atomic E-state index is 0.211. The molecular weight excluding hydrogens is 198 g/mol. The van der Waals surface area contributed by atoms with E-state index in [0.29, 0.717) is 6.04 Å². The lowest BCUT2D eigenvalue weighted by atomic mass is 10.1. The number of benzene rings is 1. The molecule has 2 nitrogen and oxygen atoms in total. The standard InChI is InChI=1S/C14H17NO/c1-3-7-14(16)13-10-15(13)11(2)12-8-5-4-6-9-12/h4-6,8-9,11,13-14,16H,10H2,1-2H3/t11-,13+,14+,15?/m1/s1. The number of nitrogens with zero attached hydrogens (tertiary/aromatic N) is 1. The number of aliphatic hydroxyl groups excluding tert-OH is 1. The molecule has 1 aliphatic heterocycles. The van der Waals surface area contributed by atoms with Crippen molar-refractivity contribution >= 4 is 0 Å². The van der Waals surface area contributed by atoms with Gasteiger partial charge in [-0.25, -0.2) is 0 Å². The van der Waals surface area contributed by atoms with Crippen LogP contribution < -0.4 is 0 Å². The molecule has 2 heteroatoms. The number of aliphatic hydroxyl groups is 1. The summed E-state index contributed by atoms with van der Waals surface area (Å²) in [5, 5.41) is 9.74. The van der Waals surface area contributed by atoms with Gasteiger partial charge < -0.3 is 5.11 Å². The fourth-order valence-electron chi connectivity index (χ4n) is 2.06. The van der Waals surface area contributed by atoms with Crippen molar-refractivity contribution in [3.8, 4) is 11.8 Å². The first-order chi connectivity index (χ1) is 7.74. The monoisotopic (exact) mass is 215 g/mol. The average Bonchev–Trinajstić information content (AvgIpc) is 3.09. The molecule has 1 aromatic rings. The van der Waals surface area contributed by atoms with Gasteiger partial charge >= 0.3 is 0 Å². The predicted octanol–water partition coefficient (Wildman–Crippen LogP) is 1.82. The summed E-state index contributed by atoms with van der Waals surface area (Å²) < 4.78 is 0. The van der Waals surface area contributed by atoms with Gasteiger partial charge in [0.1, 0.15) is 6.10 Å². The van der Waals surface area contributed by atoms with E-state index in [1.165, 1.54) is 5.56 Å². The van der Waals surface area contributed by atoms with Crippen LogP contribution in [0.25, 0.3) is 0 Å². The van der Waals surface area contributed by atoms with Gasteiger partial charge in [-0.2, -0.15) is 0 Å². The summed E-state index contributed by atoms with van der Waals surface area (Å²) in [5.74, 6) is 5.57. The molecule has 1 unspecified atom stereocenters. The lowest BCUT2D eigenvalue weighted by molar-refractivity contribution is 0.201. The van der Waals surface area contributed by atoms with E-state index in [9.17, 15) is 5.11 Å². The van der Waals surface area contributed by atoms with Crippen LogP contribution in [0.4, 0.5) is 0 Å². The molecule has 84 valence electrons. The predicted molar refractivity (Wildman–Crippen MR) is 64.8 cm³/mol. The Hall–Kier alpha value is -1.30. The van der Waals surface area contributed by atoms with Gasteiger partial charge in [-0.05, 0) is 19.4 Å². The van der Waals surface area contributed by atoms with Gasteiger partial charge in [-0.3, -0.25) is 4.90 Å². The Morgan fingerprint density at radius 2 is 2.06 bits per heavy atom. The Bertz CT molecular complexity index is 404. The third-order valence-corrected chi connectivity index (χ3v) is 3.13. The summed E-state index contributed by atoms with van der Waals surface area (Å²) in [6.45, 7) is 4.86.